The summed E-state index contributed by atoms with van der Waals surface area (Å²) in [5.41, 5.74) is 12.8. The lowest BCUT2D eigenvalue weighted by Crippen LogP contribution is -2.03. The highest BCUT2D eigenvalue weighted by atomic mass is 14.6. The van der Waals surface area contributed by atoms with Crippen LogP contribution in [-0.4, -0.2) is 0 Å². The van der Waals surface area contributed by atoms with Crippen LogP contribution < -0.4 is 5.73 Å². The van der Waals surface area contributed by atoms with Crippen molar-refractivity contribution >= 4 is 11.3 Å². The van der Waals surface area contributed by atoms with Gasteiger partial charge in [0.25, 0.3) is 0 Å². The first-order chi connectivity index (χ1) is 8.27. The van der Waals surface area contributed by atoms with E-state index < -0.39 is 0 Å². The molecular formula is C16H21N. The van der Waals surface area contributed by atoms with Crippen molar-refractivity contribution in [1.82, 2.24) is 0 Å². The highest BCUT2D eigenvalue weighted by molar-refractivity contribution is 5.78. The first-order valence-electron chi connectivity index (χ1n) is 6.87. The third kappa shape index (κ3) is 1.78. The van der Waals surface area contributed by atoms with Gasteiger partial charge in [-0.05, 0) is 54.7 Å². The average molecular weight is 227 g/mol. The van der Waals surface area contributed by atoms with Gasteiger partial charge < -0.3 is 5.73 Å². The van der Waals surface area contributed by atoms with Gasteiger partial charge in [0.05, 0.1) is 0 Å². The number of hydrogen-bond donors (Lipinski definition) is 1. The summed E-state index contributed by atoms with van der Waals surface area (Å²) in [6.07, 6.45) is 8.94. The molecule has 3 rings (SSSR count). The second kappa shape index (κ2) is 4.21. The van der Waals surface area contributed by atoms with E-state index in [-0.39, 0.29) is 0 Å². The van der Waals surface area contributed by atoms with Crippen LogP contribution in [-0.2, 0) is 12.8 Å². The number of nitrogens with two attached hydrogens (primary N) is 1. The smallest absolute Gasteiger partial charge is 0.0425 e. The molecule has 90 valence electrons. The third-order valence-electron chi connectivity index (χ3n) is 4.52. The number of hydrogen-bond acceptors (Lipinski definition) is 1. The van der Waals surface area contributed by atoms with Crippen LogP contribution in [0, 0.1) is 5.92 Å². The second-order valence-electron chi connectivity index (χ2n) is 5.52. The summed E-state index contributed by atoms with van der Waals surface area (Å²) in [5.74, 6) is 0.678. The zero-order valence-corrected chi connectivity index (χ0v) is 10.5. The van der Waals surface area contributed by atoms with Gasteiger partial charge in [-0.1, -0.05) is 31.6 Å². The minimum absolute atomic E-state index is 0.678. The van der Waals surface area contributed by atoms with Crippen molar-refractivity contribution in [2.45, 2.75) is 44.9 Å². The van der Waals surface area contributed by atoms with E-state index in [0.717, 1.165) is 12.1 Å². The van der Waals surface area contributed by atoms with Gasteiger partial charge in [-0.3, -0.25) is 0 Å². The van der Waals surface area contributed by atoms with Crippen molar-refractivity contribution in [2.24, 2.45) is 5.92 Å². The Morgan fingerprint density at radius 1 is 1.12 bits per heavy atom. The fourth-order valence-corrected chi connectivity index (χ4v) is 3.47. The third-order valence-corrected chi connectivity index (χ3v) is 4.52. The molecule has 1 saturated carbocycles. The molecule has 0 spiro atoms. The van der Waals surface area contributed by atoms with Gasteiger partial charge >= 0.3 is 0 Å². The lowest BCUT2D eigenvalue weighted by molar-refractivity contribution is 0.708. The molecular weight excluding hydrogens is 206 g/mol. The minimum Gasteiger partial charge on any atom is -0.398 e. The Kier molecular flexibility index (Phi) is 2.70. The zero-order chi connectivity index (χ0) is 11.8. The van der Waals surface area contributed by atoms with Crippen LogP contribution in [0.3, 0.4) is 0 Å². The van der Waals surface area contributed by atoms with E-state index in [1.807, 2.05) is 0 Å². The molecule has 17 heavy (non-hydrogen) atoms. The molecule has 0 unspecified atom stereocenters. The molecule has 1 fully saturated rings. The largest absolute Gasteiger partial charge is 0.398 e. The fourth-order valence-electron chi connectivity index (χ4n) is 3.47. The maximum atomic E-state index is 6.34. The summed E-state index contributed by atoms with van der Waals surface area (Å²) >= 11 is 0. The van der Waals surface area contributed by atoms with E-state index in [9.17, 15) is 0 Å². The molecule has 0 heterocycles. The molecule has 0 amide bonds. The zero-order valence-electron chi connectivity index (χ0n) is 10.5. The van der Waals surface area contributed by atoms with E-state index in [2.05, 4.69) is 18.7 Å². The van der Waals surface area contributed by atoms with Gasteiger partial charge in [-0.25, -0.2) is 0 Å². The molecule has 0 radical (unpaired) electrons. The first kappa shape index (κ1) is 10.9. The number of nitrogen functional groups attached to an aromatic ring is 1. The molecule has 0 atom stereocenters. The van der Waals surface area contributed by atoms with Crippen molar-refractivity contribution in [3.8, 4) is 0 Å². The molecule has 0 saturated heterocycles. The fraction of sp³-hybridized carbons (Fsp3) is 0.500. The normalized spacial score (nSPS) is 19.5. The number of rotatable bonds is 2. The van der Waals surface area contributed by atoms with Crippen molar-refractivity contribution in [3.63, 3.8) is 0 Å². The Hall–Kier alpha value is -1.24. The van der Waals surface area contributed by atoms with Crippen LogP contribution in [0.1, 0.15) is 48.8 Å². The summed E-state index contributed by atoms with van der Waals surface area (Å²) < 4.78 is 0. The lowest BCUT2D eigenvalue weighted by Gasteiger charge is -2.17. The highest BCUT2D eigenvalue weighted by Crippen LogP contribution is 2.40. The molecule has 1 aromatic carbocycles. The van der Waals surface area contributed by atoms with Gasteiger partial charge in [0.1, 0.15) is 0 Å². The average Bonchev–Trinajstić information content (AvgIpc) is 3.00. The molecule has 0 bridgehead atoms. The monoisotopic (exact) mass is 227 g/mol. The van der Waals surface area contributed by atoms with Crippen molar-refractivity contribution < 1.29 is 0 Å². The van der Waals surface area contributed by atoms with Crippen LogP contribution in [0.2, 0.25) is 0 Å². The summed E-state index contributed by atoms with van der Waals surface area (Å²) in [6, 6.07) is 4.48. The lowest BCUT2D eigenvalue weighted by atomic mass is 9.89. The minimum atomic E-state index is 0.678. The SMILES string of the molecule is C=C(c1ccc2c(c1N)CCC2)C1CCCC1. The number of aryl methyl sites for hydroxylation is 1. The Balaban J connectivity index is 1.95. The highest BCUT2D eigenvalue weighted by Gasteiger charge is 2.23. The number of fused-ring (bicyclic) bond motifs is 1. The quantitative estimate of drug-likeness (QED) is 0.760. The molecule has 1 heteroatoms. The van der Waals surface area contributed by atoms with Crippen LogP contribution in [0.5, 0.6) is 0 Å². The molecule has 2 aliphatic carbocycles. The Morgan fingerprint density at radius 3 is 2.65 bits per heavy atom. The number of allylic oxidation sites excluding steroid dienone is 1. The molecule has 2 aliphatic rings. The summed E-state index contributed by atoms with van der Waals surface area (Å²) in [6.45, 7) is 4.31. The molecule has 1 nitrogen and oxygen atoms in total. The topological polar surface area (TPSA) is 26.0 Å². The van der Waals surface area contributed by atoms with E-state index in [4.69, 9.17) is 5.73 Å². The maximum Gasteiger partial charge on any atom is 0.0425 e. The molecule has 1 aromatic rings. The van der Waals surface area contributed by atoms with Crippen molar-refractivity contribution in [2.75, 3.05) is 5.73 Å². The van der Waals surface area contributed by atoms with Gasteiger partial charge in [-0.2, -0.15) is 0 Å². The molecule has 2 N–H and O–H groups in total. The standard InChI is InChI=1S/C16H21N/c1-11(12-5-2-3-6-12)14-10-9-13-7-4-8-15(13)16(14)17/h9-10,12H,1-8,17H2. The van der Waals surface area contributed by atoms with Gasteiger partial charge in [0.2, 0.25) is 0 Å². The van der Waals surface area contributed by atoms with Gasteiger partial charge in [0, 0.05) is 11.3 Å². The molecule has 0 aromatic heterocycles. The summed E-state index contributed by atoms with van der Waals surface area (Å²) in [4.78, 5) is 0. The van der Waals surface area contributed by atoms with E-state index >= 15 is 0 Å². The predicted molar refractivity (Wildman–Crippen MR) is 73.9 cm³/mol. The van der Waals surface area contributed by atoms with E-state index in [0.29, 0.717) is 5.92 Å². The Labute approximate surface area is 104 Å². The van der Waals surface area contributed by atoms with Gasteiger partial charge in [-0.15, -0.1) is 0 Å². The van der Waals surface area contributed by atoms with Gasteiger partial charge in [0.15, 0.2) is 0 Å². The Bertz CT molecular complexity index is 453. The predicted octanol–water partition coefficient (Wildman–Crippen LogP) is 3.96. The van der Waals surface area contributed by atoms with Crippen LogP contribution in [0.4, 0.5) is 5.69 Å². The van der Waals surface area contributed by atoms with E-state index in [1.54, 1.807) is 0 Å². The molecule has 0 aliphatic heterocycles. The van der Waals surface area contributed by atoms with Crippen LogP contribution in [0.25, 0.3) is 5.57 Å². The van der Waals surface area contributed by atoms with Crippen molar-refractivity contribution in [3.05, 3.63) is 35.4 Å². The number of benzene rings is 1. The van der Waals surface area contributed by atoms with Crippen LogP contribution in [0.15, 0.2) is 18.7 Å². The Morgan fingerprint density at radius 2 is 1.88 bits per heavy atom. The number of anilines is 1. The van der Waals surface area contributed by atoms with Crippen molar-refractivity contribution in [1.29, 1.82) is 0 Å². The van der Waals surface area contributed by atoms with Crippen LogP contribution >= 0.6 is 0 Å². The maximum absolute atomic E-state index is 6.34. The summed E-state index contributed by atoms with van der Waals surface area (Å²) in [7, 11) is 0. The van der Waals surface area contributed by atoms with E-state index in [1.165, 1.54) is 60.8 Å². The second-order valence-corrected chi connectivity index (χ2v) is 5.52. The first-order valence-corrected chi connectivity index (χ1v) is 6.87. The summed E-state index contributed by atoms with van der Waals surface area (Å²) in [5, 5.41) is 0.